The lowest BCUT2D eigenvalue weighted by atomic mass is 10.0. The average molecular weight is 547 g/mol. The number of thioether (sulfide) groups is 1. The van der Waals surface area contributed by atoms with Gasteiger partial charge in [-0.25, -0.2) is 4.79 Å². The Balaban J connectivity index is 1.84. The molecule has 4 amide bonds. The van der Waals surface area contributed by atoms with Crippen LogP contribution in [0, 0.1) is 0 Å². The number of amides is 4. The molecule has 3 rings (SSSR count). The highest BCUT2D eigenvalue weighted by Gasteiger charge is 2.39. The van der Waals surface area contributed by atoms with Gasteiger partial charge in [-0.3, -0.25) is 19.2 Å². The van der Waals surface area contributed by atoms with Gasteiger partial charge in [-0.2, -0.15) is 11.8 Å². The Morgan fingerprint density at radius 3 is 2.55 bits per heavy atom. The first-order chi connectivity index (χ1) is 18.1. The van der Waals surface area contributed by atoms with Crippen molar-refractivity contribution in [3.05, 3.63) is 36.0 Å². The molecule has 206 valence electrons. The molecule has 1 fully saturated rings. The van der Waals surface area contributed by atoms with Gasteiger partial charge >= 0.3 is 5.97 Å². The molecule has 0 radical (unpaired) electrons. The number of carboxylic acids is 1. The third-order valence-corrected chi connectivity index (χ3v) is 7.19. The SMILES string of the molecule is CSCCC(N)C(=O)NC(Cc1c[nH]c2ccccc12)C(=O)NC(CC(N)=O)C(=O)N1CCCC1C(=O)O. The van der Waals surface area contributed by atoms with Crippen molar-refractivity contribution in [1.82, 2.24) is 20.5 Å². The fourth-order valence-corrected chi connectivity index (χ4v) is 5.03. The van der Waals surface area contributed by atoms with E-state index in [1.807, 2.05) is 30.5 Å². The second-order valence-electron chi connectivity index (χ2n) is 9.27. The predicted octanol–water partition coefficient (Wildman–Crippen LogP) is -0.289. The lowest BCUT2D eigenvalue weighted by Crippen LogP contribution is -2.58. The van der Waals surface area contributed by atoms with Crippen LogP contribution < -0.4 is 22.1 Å². The number of likely N-dealkylation sites (tertiary alicyclic amines) is 1. The summed E-state index contributed by atoms with van der Waals surface area (Å²) in [7, 11) is 0. The topological polar surface area (TPSA) is 201 Å². The second-order valence-corrected chi connectivity index (χ2v) is 10.3. The van der Waals surface area contributed by atoms with E-state index in [9.17, 15) is 29.1 Å². The van der Waals surface area contributed by atoms with E-state index < -0.39 is 60.2 Å². The monoisotopic (exact) mass is 546 g/mol. The molecule has 8 N–H and O–H groups in total. The van der Waals surface area contributed by atoms with Crippen LogP contribution in [0.5, 0.6) is 0 Å². The van der Waals surface area contributed by atoms with Gasteiger partial charge in [0.25, 0.3) is 0 Å². The molecule has 4 atom stereocenters. The number of primary amides is 1. The van der Waals surface area contributed by atoms with Gasteiger partial charge < -0.3 is 37.1 Å². The van der Waals surface area contributed by atoms with E-state index in [1.165, 1.54) is 11.8 Å². The minimum Gasteiger partial charge on any atom is -0.480 e. The summed E-state index contributed by atoms with van der Waals surface area (Å²) < 4.78 is 0. The minimum atomic E-state index is -1.38. The number of nitrogens with two attached hydrogens (primary N) is 2. The van der Waals surface area contributed by atoms with E-state index in [0.29, 0.717) is 18.6 Å². The minimum absolute atomic E-state index is 0.0791. The van der Waals surface area contributed by atoms with E-state index in [2.05, 4.69) is 15.6 Å². The lowest BCUT2D eigenvalue weighted by molar-refractivity contribution is -0.149. The van der Waals surface area contributed by atoms with Gasteiger partial charge in [0, 0.05) is 30.1 Å². The number of para-hydroxylation sites is 1. The Labute approximate surface area is 224 Å². The number of benzene rings is 1. The molecule has 2 heterocycles. The van der Waals surface area contributed by atoms with Crippen LogP contribution in [0.4, 0.5) is 0 Å². The average Bonchev–Trinajstić information content (AvgIpc) is 3.53. The number of hydrogen-bond acceptors (Lipinski definition) is 7. The molecular formula is C25H34N6O6S. The van der Waals surface area contributed by atoms with Crippen LogP contribution in [0.3, 0.4) is 0 Å². The van der Waals surface area contributed by atoms with Crippen LogP contribution in [0.25, 0.3) is 10.9 Å². The van der Waals surface area contributed by atoms with Crippen molar-refractivity contribution >= 4 is 52.3 Å². The Morgan fingerprint density at radius 2 is 1.87 bits per heavy atom. The van der Waals surface area contributed by atoms with Gasteiger partial charge in [0.15, 0.2) is 0 Å². The van der Waals surface area contributed by atoms with Gasteiger partial charge in [0.2, 0.25) is 23.6 Å². The van der Waals surface area contributed by atoms with Gasteiger partial charge in [-0.05, 0) is 42.9 Å². The second kappa shape index (κ2) is 13.3. The molecule has 13 heteroatoms. The normalized spacial score (nSPS) is 17.5. The molecule has 2 aromatic rings. The van der Waals surface area contributed by atoms with Crippen molar-refractivity contribution < 1.29 is 29.1 Å². The summed E-state index contributed by atoms with van der Waals surface area (Å²) in [6.45, 7) is 0.181. The predicted molar refractivity (Wildman–Crippen MR) is 143 cm³/mol. The maximum absolute atomic E-state index is 13.5. The van der Waals surface area contributed by atoms with E-state index >= 15 is 0 Å². The number of aliphatic carboxylic acids is 1. The highest BCUT2D eigenvalue weighted by molar-refractivity contribution is 7.98. The molecule has 1 aliphatic heterocycles. The number of rotatable bonds is 13. The summed E-state index contributed by atoms with van der Waals surface area (Å²) in [6.07, 6.45) is 4.34. The number of carbonyl (C=O) groups excluding carboxylic acids is 4. The fourth-order valence-electron chi connectivity index (χ4n) is 4.55. The Kier molecular flexibility index (Phi) is 10.1. The third-order valence-electron chi connectivity index (χ3n) is 6.54. The van der Waals surface area contributed by atoms with Gasteiger partial charge in [-0.1, -0.05) is 18.2 Å². The van der Waals surface area contributed by atoms with Gasteiger partial charge in [0.05, 0.1) is 12.5 Å². The van der Waals surface area contributed by atoms with Gasteiger partial charge in [-0.15, -0.1) is 0 Å². The summed E-state index contributed by atoms with van der Waals surface area (Å²) in [6, 6.07) is 3.06. The van der Waals surface area contributed by atoms with Crippen LogP contribution in [-0.4, -0.2) is 87.3 Å². The lowest BCUT2D eigenvalue weighted by Gasteiger charge is -2.28. The van der Waals surface area contributed by atoms with E-state index in [4.69, 9.17) is 11.5 Å². The Bertz CT molecular complexity index is 1190. The zero-order valence-electron chi connectivity index (χ0n) is 21.1. The number of hydrogen-bond donors (Lipinski definition) is 6. The van der Waals surface area contributed by atoms with Crippen molar-refractivity contribution in [1.29, 1.82) is 0 Å². The standard InChI is InChI=1S/C25H34N6O6S/c1-38-10-8-16(26)22(33)29-18(11-14-13-28-17-6-3-2-5-15(14)17)23(34)30-19(12-21(27)32)24(35)31-9-4-7-20(31)25(36)37/h2-3,5-6,13,16,18-20,28H,4,7-12,26H2,1H3,(H2,27,32)(H,29,33)(H,30,34)(H,36,37). The number of carboxylic acid groups (broad SMARTS) is 1. The van der Waals surface area contributed by atoms with Crippen LogP contribution in [-0.2, 0) is 30.4 Å². The molecule has 1 aromatic carbocycles. The highest BCUT2D eigenvalue weighted by atomic mass is 32.2. The van der Waals surface area contributed by atoms with Crippen molar-refractivity contribution in [2.45, 2.75) is 56.3 Å². The summed E-state index contributed by atoms with van der Waals surface area (Å²) >= 11 is 1.54. The van der Waals surface area contributed by atoms with Crippen molar-refractivity contribution in [2.75, 3.05) is 18.6 Å². The Morgan fingerprint density at radius 1 is 1.16 bits per heavy atom. The molecule has 12 nitrogen and oxygen atoms in total. The summed E-state index contributed by atoms with van der Waals surface area (Å²) in [5.41, 5.74) is 13.0. The van der Waals surface area contributed by atoms with Crippen molar-refractivity contribution in [3.8, 4) is 0 Å². The molecule has 1 aromatic heterocycles. The van der Waals surface area contributed by atoms with Crippen LogP contribution in [0.15, 0.2) is 30.5 Å². The maximum atomic E-state index is 13.5. The molecular weight excluding hydrogens is 512 g/mol. The molecule has 1 saturated heterocycles. The van der Waals surface area contributed by atoms with Crippen LogP contribution >= 0.6 is 11.8 Å². The maximum Gasteiger partial charge on any atom is 0.326 e. The molecule has 0 spiro atoms. The van der Waals surface area contributed by atoms with Crippen molar-refractivity contribution in [2.24, 2.45) is 11.5 Å². The van der Waals surface area contributed by atoms with Crippen LogP contribution in [0.2, 0.25) is 0 Å². The van der Waals surface area contributed by atoms with E-state index in [1.54, 1.807) is 6.20 Å². The number of fused-ring (bicyclic) bond motifs is 1. The molecule has 4 unspecified atom stereocenters. The third kappa shape index (κ3) is 7.25. The van der Waals surface area contributed by atoms with Gasteiger partial charge in [0.1, 0.15) is 18.1 Å². The smallest absolute Gasteiger partial charge is 0.326 e. The number of H-pyrrole nitrogens is 1. The van der Waals surface area contributed by atoms with Crippen molar-refractivity contribution in [3.63, 3.8) is 0 Å². The first kappa shape index (κ1) is 29.0. The highest BCUT2D eigenvalue weighted by Crippen LogP contribution is 2.21. The van der Waals surface area contributed by atoms with E-state index in [-0.39, 0.29) is 19.4 Å². The molecule has 1 aliphatic rings. The summed E-state index contributed by atoms with van der Waals surface area (Å²) in [5, 5.41) is 15.6. The summed E-state index contributed by atoms with van der Waals surface area (Å²) in [4.78, 5) is 67.2. The number of aromatic amines is 1. The fraction of sp³-hybridized carbons (Fsp3) is 0.480. The number of carbonyl (C=O) groups is 5. The molecule has 38 heavy (non-hydrogen) atoms. The van der Waals surface area contributed by atoms with Crippen LogP contribution in [0.1, 0.15) is 31.2 Å². The first-order valence-corrected chi connectivity index (χ1v) is 13.7. The number of nitrogens with zero attached hydrogens (tertiary/aromatic N) is 1. The zero-order valence-corrected chi connectivity index (χ0v) is 22.0. The van der Waals surface area contributed by atoms with E-state index in [0.717, 1.165) is 21.4 Å². The largest absolute Gasteiger partial charge is 0.480 e. The zero-order chi connectivity index (χ0) is 27.8. The number of aromatic nitrogens is 1. The Hall–Kier alpha value is -3.58. The molecule has 0 saturated carbocycles. The first-order valence-electron chi connectivity index (χ1n) is 12.3. The quantitative estimate of drug-likeness (QED) is 0.197. The number of nitrogens with one attached hydrogen (secondary N) is 3. The molecule has 0 bridgehead atoms. The molecule has 0 aliphatic carbocycles. The summed E-state index contributed by atoms with van der Waals surface area (Å²) in [5.74, 6) is -3.30.